The molecule has 56 valence electrons. The van der Waals surface area contributed by atoms with Crippen LogP contribution in [-0.4, -0.2) is 14.4 Å². The lowest BCUT2D eigenvalue weighted by Crippen LogP contribution is -1.92. The summed E-state index contributed by atoms with van der Waals surface area (Å²) in [7, 11) is 0. The Morgan fingerprint density at radius 1 is 1.45 bits per heavy atom. The fourth-order valence-electron chi connectivity index (χ4n) is 1.03. The van der Waals surface area contributed by atoms with Gasteiger partial charge in [-0.1, -0.05) is 11.6 Å². The molecule has 0 fully saturated rings. The predicted molar refractivity (Wildman–Crippen MR) is 42.7 cm³/mol. The lowest BCUT2D eigenvalue weighted by Gasteiger charge is -1.97. The van der Waals surface area contributed by atoms with Crippen molar-refractivity contribution in [2.45, 2.75) is 6.92 Å². The van der Waals surface area contributed by atoms with Crippen molar-refractivity contribution < 1.29 is 0 Å². The third kappa shape index (κ3) is 0.886. The fourth-order valence-corrected chi connectivity index (χ4v) is 1.28. The number of halogens is 1. The first-order valence-corrected chi connectivity index (χ1v) is 3.61. The van der Waals surface area contributed by atoms with Gasteiger partial charge in [0.25, 0.3) is 0 Å². The summed E-state index contributed by atoms with van der Waals surface area (Å²) in [6.45, 7) is 1.96. The summed E-state index contributed by atoms with van der Waals surface area (Å²) >= 11 is 5.84. The van der Waals surface area contributed by atoms with Crippen LogP contribution in [0.1, 0.15) is 5.69 Å². The van der Waals surface area contributed by atoms with Gasteiger partial charge in [-0.05, 0) is 13.0 Å². The first-order valence-electron chi connectivity index (χ1n) is 3.23. The highest BCUT2D eigenvalue weighted by Crippen LogP contribution is 2.11. The number of rotatable bonds is 0. The molecular weight excluding hydrogens is 162 g/mol. The van der Waals surface area contributed by atoms with Crippen LogP contribution in [0.4, 0.5) is 0 Å². The third-order valence-corrected chi connectivity index (χ3v) is 1.83. The molecule has 0 aliphatic heterocycles. The highest BCUT2D eigenvalue weighted by molar-refractivity contribution is 6.29. The Kier molecular flexibility index (Phi) is 1.32. The molecule has 0 aliphatic rings. The van der Waals surface area contributed by atoms with E-state index in [-0.39, 0.29) is 0 Å². The third-order valence-electron chi connectivity index (χ3n) is 1.56. The van der Waals surface area contributed by atoms with Crippen molar-refractivity contribution in [2.24, 2.45) is 0 Å². The predicted octanol–water partition coefficient (Wildman–Crippen LogP) is 1.69. The number of nitrogens with zero attached hydrogens (tertiary/aromatic N) is 3. The van der Waals surface area contributed by atoms with Crippen LogP contribution in [0.15, 0.2) is 18.5 Å². The van der Waals surface area contributed by atoms with Crippen molar-refractivity contribution in [2.75, 3.05) is 0 Å². The second-order valence-corrected chi connectivity index (χ2v) is 2.69. The van der Waals surface area contributed by atoms with Gasteiger partial charge in [0.05, 0.1) is 6.20 Å². The standard InChI is InChI=1S/C7H6ClN3/c1-5-2-3-9-7-10-4-6(8)11(5)7/h2-4H,1H3. The molecule has 0 radical (unpaired) electrons. The number of aryl methyl sites for hydroxylation is 1. The summed E-state index contributed by atoms with van der Waals surface area (Å²) in [5.74, 6) is 0.648. The van der Waals surface area contributed by atoms with Crippen LogP contribution in [0.5, 0.6) is 0 Å². The lowest BCUT2D eigenvalue weighted by molar-refractivity contribution is 1.04. The quantitative estimate of drug-likeness (QED) is 0.598. The maximum absolute atomic E-state index is 5.84. The van der Waals surface area contributed by atoms with Crippen molar-refractivity contribution >= 4 is 17.4 Å². The van der Waals surface area contributed by atoms with Crippen LogP contribution in [0.2, 0.25) is 5.15 Å². The molecule has 2 aromatic rings. The van der Waals surface area contributed by atoms with Gasteiger partial charge in [-0.2, -0.15) is 0 Å². The largest absolute Gasteiger partial charge is 0.272 e. The van der Waals surface area contributed by atoms with E-state index in [1.807, 2.05) is 13.0 Å². The molecule has 0 aliphatic carbocycles. The summed E-state index contributed by atoms with van der Waals surface area (Å²) < 4.78 is 1.79. The SMILES string of the molecule is Cc1ccnc2ncc(Cl)n12. The van der Waals surface area contributed by atoms with E-state index in [2.05, 4.69) is 9.97 Å². The molecule has 11 heavy (non-hydrogen) atoms. The Labute approximate surface area is 68.7 Å². The molecule has 0 N–H and O–H groups in total. The molecule has 4 heteroatoms. The zero-order valence-corrected chi connectivity index (χ0v) is 6.71. The Balaban J connectivity index is 2.96. The molecule has 0 unspecified atom stereocenters. The maximum Gasteiger partial charge on any atom is 0.235 e. The van der Waals surface area contributed by atoms with E-state index in [1.165, 1.54) is 0 Å². The topological polar surface area (TPSA) is 30.2 Å². The van der Waals surface area contributed by atoms with Crippen LogP contribution >= 0.6 is 11.6 Å². The van der Waals surface area contributed by atoms with Gasteiger partial charge < -0.3 is 0 Å². The average Bonchev–Trinajstić information content (AvgIpc) is 2.34. The van der Waals surface area contributed by atoms with Gasteiger partial charge in [-0.15, -0.1) is 0 Å². The van der Waals surface area contributed by atoms with Crippen molar-refractivity contribution in [3.05, 3.63) is 29.3 Å². The van der Waals surface area contributed by atoms with Crippen LogP contribution in [0.3, 0.4) is 0 Å². The molecule has 0 bridgehead atoms. The fraction of sp³-hybridized carbons (Fsp3) is 0.143. The molecule has 2 aromatic heterocycles. The van der Waals surface area contributed by atoms with Gasteiger partial charge in [0.1, 0.15) is 5.15 Å². The zero-order chi connectivity index (χ0) is 7.84. The Bertz CT molecular complexity index is 393. The smallest absolute Gasteiger partial charge is 0.235 e. The summed E-state index contributed by atoms with van der Waals surface area (Å²) in [4.78, 5) is 8.03. The minimum atomic E-state index is 0.602. The first-order chi connectivity index (χ1) is 5.29. The van der Waals surface area contributed by atoms with E-state index in [4.69, 9.17) is 11.6 Å². The average molecular weight is 168 g/mol. The maximum atomic E-state index is 5.84. The van der Waals surface area contributed by atoms with E-state index in [9.17, 15) is 0 Å². The van der Waals surface area contributed by atoms with Crippen LogP contribution in [0.25, 0.3) is 5.78 Å². The Hall–Kier alpha value is -1.09. The molecular formula is C7H6ClN3. The molecule has 0 saturated heterocycles. The minimum absolute atomic E-state index is 0.602. The Morgan fingerprint density at radius 2 is 2.27 bits per heavy atom. The molecule has 0 atom stereocenters. The van der Waals surface area contributed by atoms with Crippen molar-refractivity contribution in [1.82, 2.24) is 14.4 Å². The van der Waals surface area contributed by atoms with Gasteiger partial charge in [-0.25, -0.2) is 9.97 Å². The number of fused-ring (bicyclic) bond motifs is 1. The van der Waals surface area contributed by atoms with E-state index in [0.29, 0.717) is 10.9 Å². The van der Waals surface area contributed by atoms with E-state index in [0.717, 1.165) is 5.69 Å². The zero-order valence-electron chi connectivity index (χ0n) is 5.95. The normalized spacial score (nSPS) is 10.7. The molecule has 2 heterocycles. The molecule has 0 saturated carbocycles. The van der Waals surface area contributed by atoms with Gasteiger partial charge in [-0.3, -0.25) is 4.40 Å². The molecule has 0 spiro atoms. The van der Waals surface area contributed by atoms with Crippen molar-refractivity contribution in [1.29, 1.82) is 0 Å². The van der Waals surface area contributed by atoms with Crippen LogP contribution in [-0.2, 0) is 0 Å². The summed E-state index contributed by atoms with van der Waals surface area (Å²) in [6.07, 6.45) is 3.31. The lowest BCUT2D eigenvalue weighted by atomic mass is 10.4. The second-order valence-electron chi connectivity index (χ2n) is 2.30. The first kappa shape index (κ1) is 6.61. The van der Waals surface area contributed by atoms with E-state index >= 15 is 0 Å². The number of hydrogen-bond donors (Lipinski definition) is 0. The second kappa shape index (κ2) is 2.20. The molecule has 2 rings (SSSR count). The van der Waals surface area contributed by atoms with Crippen LogP contribution < -0.4 is 0 Å². The van der Waals surface area contributed by atoms with Crippen LogP contribution in [0, 0.1) is 6.92 Å². The van der Waals surface area contributed by atoms with Gasteiger partial charge in [0.15, 0.2) is 0 Å². The van der Waals surface area contributed by atoms with Gasteiger partial charge in [0, 0.05) is 11.9 Å². The van der Waals surface area contributed by atoms with Crippen molar-refractivity contribution in [3.63, 3.8) is 0 Å². The van der Waals surface area contributed by atoms with Gasteiger partial charge in [0.2, 0.25) is 5.78 Å². The van der Waals surface area contributed by atoms with E-state index < -0.39 is 0 Å². The van der Waals surface area contributed by atoms with Gasteiger partial charge >= 0.3 is 0 Å². The van der Waals surface area contributed by atoms with Crippen molar-refractivity contribution in [3.8, 4) is 0 Å². The highest BCUT2D eigenvalue weighted by Gasteiger charge is 2.01. The summed E-state index contributed by atoms with van der Waals surface area (Å²) in [6, 6.07) is 1.89. The van der Waals surface area contributed by atoms with E-state index in [1.54, 1.807) is 16.8 Å². The Morgan fingerprint density at radius 3 is 3.00 bits per heavy atom. The number of hydrogen-bond acceptors (Lipinski definition) is 2. The summed E-state index contributed by atoms with van der Waals surface area (Å²) in [5.41, 5.74) is 1.04. The summed E-state index contributed by atoms with van der Waals surface area (Å²) in [5, 5.41) is 0.602. The monoisotopic (exact) mass is 167 g/mol. The minimum Gasteiger partial charge on any atom is -0.272 e. The molecule has 0 aromatic carbocycles. The number of aromatic nitrogens is 3. The number of imidazole rings is 1. The molecule has 0 amide bonds. The molecule has 3 nitrogen and oxygen atoms in total. The highest BCUT2D eigenvalue weighted by atomic mass is 35.5.